The Hall–Kier alpha value is -0.0400. The highest BCUT2D eigenvalue weighted by Gasteiger charge is 1.95. The van der Waals surface area contributed by atoms with Crippen LogP contribution in [-0.4, -0.2) is 12.6 Å². The molecule has 0 fully saturated rings. The fourth-order valence-corrected chi connectivity index (χ4v) is 0.814. The van der Waals surface area contributed by atoms with Crippen LogP contribution in [0.25, 0.3) is 0 Å². The second-order valence-corrected chi connectivity index (χ2v) is 2.45. The van der Waals surface area contributed by atoms with E-state index in [0.29, 0.717) is 12.6 Å². The maximum absolute atomic E-state index is 5.29. The van der Waals surface area contributed by atoms with Crippen LogP contribution in [0.5, 0.6) is 0 Å². The van der Waals surface area contributed by atoms with Gasteiger partial charge in [0.2, 0.25) is 0 Å². The van der Waals surface area contributed by atoms with Gasteiger partial charge in [0.05, 0.1) is 0 Å². The maximum Gasteiger partial charge on any atom is 0.00388 e. The molecular formula is C8H17N. The van der Waals surface area contributed by atoms with Crippen molar-refractivity contribution in [3.8, 4) is 0 Å². The number of hydrogen-bond donors (Lipinski definition) is 1. The van der Waals surface area contributed by atoms with E-state index in [1.165, 1.54) is 19.3 Å². The molecule has 1 atom stereocenters. The van der Waals surface area contributed by atoms with Crippen molar-refractivity contribution < 1.29 is 0 Å². The normalized spacial score (nSPS) is 13.7. The minimum atomic E-state index is 0.593. The zero-order valence-corrected chi connectivity index (χ0v) is 6.48. The first kappa shape index (κ1) is 8.96. The van der Waals surface area contributed by atoms with Gasteiger partial charge in [-0.05, 0) is 26.8 Å². The highest BCUT2D eigenvalue weighted by molar-refractivity contribution is 4.59. The van der Waals surface area contributed by atoms with Crippen LogP contribution in [0.3, 0.4) is 0 Å². The van der Waals surface area contributed by atoms with Crippen LogP contribution in [0, 0.1) is 6.92 Å². The van der Waals surface area contributed by atoms with Crippen LogP contribution in [0.15, 0.2) is 0 Å². The molecule has 0 rings (SSSR count). The van der Waals surface area contributed by atoms with Crippen molar-refractivity contribution >= 4 is 0 Å². The molecule has 0 saturated carbocycles. The van der Waals surface area contributed by atoms with Gasteiger partial charge < -0.3 is 5.32 Å². The summed E-state index contributed by atoms with van der Waals surface area (Å²) in [5.74, 6) is 0. The minimum Gasteiger partial charge on any atom is -0.314 e. The fourth-order valence-electron chi connectivity index (χ4n) is 0.814. The van der Waals surface area contributed by atoms with Crippen molar-refractivity contribution in [2.75, 3.05) is 6.54 Å². The van der Waals surface area contributed by atoms with Crippen molar-refractivity contribution in [1.82, 2.24) is 5.32 Å². The van der Waals surface area contributed by atoms with Crippen molar-refractivity contribution in [2.24, 2.45) is 0 Å². The van der Waals surface area contributed by atoms with Crippen LogP contribution in [-0.2, 0) is 0 Å². The molecule has 0 amide bonds. The van der Waals surface area contributed by atoms with Crippen molar-refractivity contribution in [3.05, 3.63) is 6.92 Å². The third kappa shape index (κ3) is 5.84. The molecule has 0 aromatic rings. The van der Waals surface area contributed by atoms with Crippen LogP contribution < -0.4 is 5.32 Å². The third-order valence-corrected chi connectivity index (χ3v) is 1.46. The van der Waals surface area contributed by atoms with E-state index in [-0.39, 0.29) is 0 Å². The molecule has 0 aliphatic heterocycles. The van der Waals surface area contributed by atoms with Crippen LogP contribution in [0.4, 0.5) is 0 Å². The smallest absolute Gasteiger partial charge is 0.00388 e. The molecule has 1 heteroatoms. The monoisotopic (exact) mass is 127 g/mol. The summed E-state index contributed by atoms with van der Waals surface area (Å²) in [6, 6.07) is 0.593. The maximum atomic E-state index is 5.29. The molecular weight excluding hydrogens is 110 g/mol. The standard InChI is InChI=1S/C8H17N/c1-4-6-7-8(3)9-5-2/h2,8-9H,4-7H2,1,3H3. The Morgan fingerprint density at radius 2 is 2.22 bits per heavy atom. The topological polar surface area (TPSA) is 12.0 Å². The molecule has 9 heavy (non-hydrogen) atoms. The molecule has 0 aliphatic carbocycles. The van der Waals surface area contributed by atoms with Gasteiger partial charge in [-0.15, -0.1) is 0 Å². The molecule has 1 nitrogen and oxygen atoms in total. The molecule has 1 unspecified atom stereocenters. The minimum absolute atomic E-state index is 0.593. The first-order chi connectivity index (χ1) is 4.31. The van der Waals surface area contributed by atoms with Crippen molar-refractivity contribution in [2.45, 2.75) is 39.2 Å². The lowest BCUT2D eigenvalue weighted by Crippen LogP contribution is -2.25. The van der Waals surface area contributed by atoms with Gasteiger partial charge >= 0.3 is 0 Å². The van der Waals surface area contributed by atoms with E-state index < -0.39 is 0 Å². The number of nitrogens with one attached hydrogen (secondary N) is 1. The Bertz CT molecular complexity index is 52.5. The molecule has 2 radical (unpaired) electrons. The summed E-state index contributed by atoms with van der Waals surface area (Å²) in [4.78, 5) is 0. The molecule has 0 saturated heterocycles. The highest BCUT2D eigenvalue weighted by Crippen LogP contribution is 1.98. The van der Waals surface area contributed by atoms with E-state index in [1.807, 2.05) is 0 Å². The molecule has 54 valence electrons. The van der Waals surface area contributed by atoms with Crippen LogP contribution in [0.2, 0.25) is 0 Å². The molecule has 0 aromatic carbocycles. The summed E-state index contributed by atoms with van der Waals surface area (Å²) in [6.07, 6.45) is 3.82. The first-order valence-electron chi connectivity index (χ1n) is 3.74. The predicted molar refractivity (Wildman–Crippen MR) is 41.3 cm³/mol. The Balaban J connectivity index is 2.95. The third-order valence-electron chi connectivity index (χ3n) is 1.46. The van der Waals surface area contributed by atoms with Crippen molar-refractivity contribution in [1.29, 1.82) is 0 Å². The second kappa shape index (κ2) is 6.09. The van der Waals surface area contributed by atoms with Gasteiger partial charge in [0.25, 0.3) is 0 Å². The molecule has 0 heterocycles. The van der Waals surface area contributed by atoms with Gasteiger partial charge in [-0.25, -0.2) is 0 Å². The van der Waals surface area contributed by atoms with Gasteiger partial charge in [0, 0.05) is 6.04 Å². The molecule has 0 spiro atoms. The van der Waals surface area contributed by atoms with Gasteiger partial charge in [0.1, 0.15) is 0 Å². The van der Waals surface area contributed by atoms with Gasteiger partial charge in [-0.3, -0.25) is 0 Å². The van der Waals surface area contributed by atoms with Gasteiger partial charge in [-0.1, -0.05) is 19.8 Å². The lowest BCUT2D eigenvalue weighted by Gasteiger charge is -2.09. The summed E-state index contributed by atoms with van der Waals surface area (Å²) < 4.78 is 0. The number of hydrogen-bond acceptors (Lipinski definition) is 1. The zero-order chi connectivity index (χ0) is 7.11. The lowest BCUT2D eigenvalue weighted by molar-refractivity contribution is 0.518. The summed E-state index contributed by atoms with van der Waals surface area (Å²) in [7, 11) is 0. The van der Waals surface area contributed by atoms with E-state index in [9.17, 15) is 0 Å². The number of rotatable bonds is 5. The zero-order valence-electron chi connectivity index (χ0n) is 6.48. The van der Waals surface area contributed by atoms with Crippen LogP contribution in [0.1, 0.15) is 33.1 Å². The second-order valence-electron chi connectivity index (χ2n) is 2.45. The summed E-state index contributed by atoms with van der Waals surface area (Å²) in [5.41, 5.74) is 0. The Morgan fingerprint density at radius 3 is 2.67 bits per heavy atom. The van der Waals surface area contributed by atoms with Crippen molar-refractivity contribution in [3.63, 3.8) is 0 Å². The van der Waals surface area contributed by atoms with E-state index in [0.717, 1.165) is 0 Å². The Morgan fingerprint density at radius 1 is 1.56 bits per heavy atom. The Labute approximate surface area is 58.8 Å². The Kier molecular flexibility index (Phi) is 6.06. The van der Waals surface area contributed by atoms with Gasteiger partial charge in [-0.2, -0.15) is 0 Å². The SMILES string of the molecule is [CH]CNC(C)CCCC. The van der Waals surface area contributed by atoms with E-state index in [2.05, 4.69) is 19.2 Å². The molecule has 0 aromatic heterocycles. The van der Waals surface area contributed by atoms with E-state index in [4.69, 9.17) is 6.92 Å². The van der Waals surface area contributed by atoms with E-state index >= 15 is 0 Å². The molecule has 0 aliphatic rings. The van der Waals surface area contributed by atoms with E-state index in [1.54, 1.807) is 0 Å². The summed E-state index contributed by atoms with van der Waals surface area (Å²) in [6.45, 7) is 10.3. The molecule has 0 bridgehead atoms. The molecule has 1 N–H and O–H groups in total. The first-order valence-corrected chi connectivity index (χ1v) is 3.74. The largest absolute Gasteiger partial charge is 0.314 e. The predicted octanol–water partition coefficient (Wildman–Crippen LogP) is 1.87. The summed E-state index contributed by atoms with van der Waals surface area (Å²) in [5, 5.41) is 3.16. The highest BCUT2D eigenvalue weighted by atomic mass is 14.9. The average molecular weight is 127 g/mol. The fraction of sp³-hybridized carbons (Fsp3) is 0.875. The number of unbranched alkanes of at least 4 members (excludes halogenated alkanes) is 1. The lowest BCUT2D eigenvalue weighted by atomic mass is 10.1. The summed E-state index contributed by atoms with van der Waals surface area (Å²) >= 11 is 0. The van der Waals surface area contributed by atoms with Gasteiger partial charge in [0.15, 0.2) is 0 Å². The van der Waals surface area contributed by atoms with Crippen LogP contribution >= 0.6 is 0 Å². The average Bonchev–Trinajstić information content (AvgIpc) is 1.85. The quantitative estimate of drug-likeness (QED) is 0.594.